The number of benzene rings is 1. The lowest BCUT2D eigenvalue weighted by Gasteiger charge is -2.09. The fourth-order valence-corrected chi connectivity index (χ4v) is 2.16. The summed E-state index contributed by atoms with van der Waals surface area (Å²) in [6, 6.07) is 14.3. The first-order valence-corrected chi connectivity index (χ1v) is 6.49. The predicted molar refractivity (Wildman–Crippen MR) is 74.9 cm³/mol. The Morgan fingerprint density at radius 2 is 1.95 bits per heavy atom. The predicted octanol–water partition coefficient (Wildman–Crippen LogP) is 4.19. The Kier molecular flexibility index (Phi) is 3.13. The van der Waals surface area contributed by atoms with Gasteiger partial charge in [-0.25, -0.2) is 0 Å². The molecular weight excluding hydrogens is 238 g/mol. The highest BCUT2D eigenvalue weighted by Crippen LogP contribution is 2.20. The van der Waals surface area contributed by atoms with Gasteiger partial charge >= 0.3 is 0 Å². The van der Waals surface area contributed by atoms with Crippen molar-refractivity contribution in [1.82, 2.24) is 5.32 Å². The van der Waals surface area contributed by atoms with Gasteiger partial charge in [0.2, 0.25) is 0 Å². The summed E-state index contributed by atoms with van der Waals surface area (Å²) in [5.41, 5.74) is 0.931. The highest BCUT2D eigenvalue weighted by molar-refractivity contribution is 5.77. The van der Waals surface area contributed by atoms with E-state index in [0.29, 0.717) is 6.54 Å². The topological polar surface area (TPSA) is 38.3 Å². The van der Waals surface area contributed by atoms with Crippen LogP contribution >= 0.6 is 0 Å². The molecule has 3 rings (SSSR count). The summed E-state index contributed by atoms with van der Waals surface area (Å²) >= 11 is 0. The lowest BCUT2D eigenvalue weighted by molar-refractivity contribution is 0.402. The molecule has 0 radical (unpaired) electrons. The van der Waals surface area contributed by atoms with Crippen LogP contribution in [0.15, 0.2) is 51.3 Å². The van der Waals surface area contributed by atoms with E-state index < -0.39 is 0 Å². The molecular formula is C16H17NO2. The smallest absolute Gasteiger partial charge is 0.134 e. The van der Waals surface area contributed by atoms with Crippen LogP contribution in [0.1, 0.15) is 30.2 Å². The van der Waals surface area contributed by atoms with Gasteiger partial charge in [-0.1, -0.05) is 18.2 Å². The Hall–Kier alpha value is -2.00. The molecule has 0 bridgehead atoms. The number of furan rings is 2. The maximum Gasteiger partial charge on any atom is 0.134 e. The monoisotopic (exact) mass is 255 g/mol. The molecule has 0 aliphatic carbocycles. The van der Waals surface area contributed by atoms with E-state index in [0.717, 1.165) is 28.2 Å². The summed E-state index contributed by atoms with van der Waals surface area (Å²) in [4.78, 5) is 0. The molecule has 1 aromatic carbocycles. The van der Waals surface area contributed by atoms with Gasteiger partial charge in [0.1, 0.15) is 22.9 Å². The molecule has 3 nitrogen and oxygen atoms in total. The van der Waals surface area contributed by atoms with E-state index in [1.807, 2.05) is 37.3 Å². The summed E-state index contributed by atoms with van der Waals surface area (Å²) in [6.07, 6.45) is 0. The maximum atomic E-state index is 5.77. The van der Waals surface area contributed by atoms with Crippen LogP contribution in [0.5, 0.6) is 0 Å². The molecule has 0 aliphatic heterocycles. The van der Waals surface area contributed by atoms with Crippen molar-refractivity contribution < 1.29 is 8.83 Å². The molecule has 2 aromatic heterocycles. The standard InChI is InChI=1S/C16H17NO2/c1-11-7-8-15(18-11)12(2)17-10-14-9-13-5-3-4-6-16(13)19-14/h3-9,12,17H,10H2,1-2H3. The zero-order chi connectivity index (χ0) is 13.2. The van der Waals surface area contributed by atoms with Crippen LogP contribution in [0.25, 0.3) is 11.0 Å². The summed E-state index contributed by atoms with van der Waals surface area (Å²) < 4.78 is 11.4. The molecule has 0 amide bonds. The molecule has 3 heteroatoms. The van der Waals surface area contributed by atoms with Crippen molar-refractivity contribution in [3.8, 4) is 0 Å². The van der Waals surface area contributed by atoms with Gasteiger partial charge in [0.05, 0.1) is 12.6 Å². The first-order valence-electron chi connectivity index (χ1n) is 6.49. The minimum Gasteiger partial charge on any atom is -0.465 e. The molecule has 3 aromatic rings. The number of aryl methyl sites for hydroxylation is 1. The lowest BCUT2D eigenvalue weighted by atomic mass is 10.2. The average Bonchev–Trinajstić information content (AvgIpc) is 3.01. The SMILES string of the molecule is Cc1ccc(C(C)NCc2cc3ccccc3o2)o1. The lowest BCUT2D eigenvalue weighted by Crippen LogP contribution is -2.17. The second-order valence-electron chi connectivity index (χ2n) is 4.80. The summed E-state index contributed by atoms with van der Waals surface area (Å²) in [7, 11) is 0. The summed E-state index contributed by atoms with van der Waals surface area (Å²) in [5.74, 6) is 2.83. The molecule has 19 heavy (non-hydrogen) atoms. The van der Waals surface area contributed by atoms with Gasteiger partial charge in [-0.05, 0) is 38.1 Å². The van der Waals surface area contributed by atoms with Gasteiger partial charge in [-0.15, -0.1) is 0 Å². The van der Waals surface area contributed by atoms with Gasteiger partial charge in [0.25, 0.3) is 0 Å². The third kappa shape index (κ3) is 2.56. The van der Waals surface area contributed by atoms with Crippen molar-refractivity contribution in [2.45, 2.75) is 26.4 Å². The normalized spacial score (nSPS) is 12.9. The third-order valence-electron chi connectivity index (χ3n) is 3.25. The Morgan fingerprint density at radius 1 is 1.11 bits per heavy atom. The van der Waals surface area contributed by atoms with Crippen molar-refractivity contribution >= 4 is 11.0 Å². The van der Waals surface area contributed by atoms with Crippen LogP contribution in [0.3, 0.4) is 0 Å². The number of para-hydroxylation sites is 1. The van der Waals surface area contributed by atoms with E-state index in [2.05, 4.69) is 24.4 Å². The Bertz CT molecular complexity index is 648. The van der Waals surface area contributed by atoms with E-state index >= 15 is 0 Å². The Balaban J connectivity index is 1.68. The number of rotatable bonds is 4. The third-order valence-corrected chi connectivity index (χ3v) is 3.25. The van der Waals surface area contributed by atoms with Gasteiger partial charge in [-0.3, -0.25) is 0 Å². The first kappa shape index (κ1) is 12.1. The van der Waals surface area contributed by atoms with E-state index in [4.69, 9.17) is 8.83 Å². The van der Waals surface area contributed by atoms with E-state index in [1.54, 1.807) is 0 Å². The number of fused-ring (bicyclic) bond motifs is 1. The maximum absolute atomic E-state index is 5.77. The van der Waals surface area contributed by atoms with E-state index in [1.165, 1.54) is 0 Å². The zero-order valence-corrected chi connectivity index (χ0v) is 11.1. The fraction of sp³-hybridized carbons (Fsp3) is 0.250. The van der Waals surface area contributed by atoms with Crippen molar-refractivity contribution in [3.63, 3.8) is 0 Å². The van der Waals surface area contributed by atoms with Crippen LogP contribution in [-0.4, -0.2) is 0 Å². The van der Waals surface area contributed by atoms with E-state index in [-0.39, 0.29) is 6.04 Å². The average molecular weight is 255 g/mol. The van der Waals surface area contributed by atoms with Crippen LogP contribution in [-0.2, 0) is 6.54 Å². The second kappa shape index (κ2) is 4.94. The van der Waals surface area contributed by atoms with Crippen molar-refractivity contribution in [1.29, 1.82) is 0 Å². The van der Waals surface area contributed by atoms with Gasteiger partial charge in [0.15, 0.2) is 0 Å². The van der Waals surface area contributed by atoms with Gasteiger partial charge < -0.3 is 14.2 Å². The van der Waals surface area contributed by atoms with Crippen molar-refractivity contribution in [3.05, 3.63) is 59.7 Å². The number of hydrogen-bond donors (Lipinski definition) is 1. The Labute approximate surface area is 112 Å². The first-order chi connectivity index (χ1) is 9.22. The van der Waals surface area contributed by atoms with Crippen molar-refractivity contribution in [2.24, 2.45) is 0 Å². The molecule has 98 valence electrons. The molecule has 0 saturated heterocycles. The molecule has 2 heterocycles. The second-order valence-corrected chi connectivity index (χ2v) is 4.80. The highest BCUT2D eigenvalue weighted by atomic mass is 16.3. The molecule has 0 saturated carbocycles. The zero-order valence-electron chi connectivity index (χ0n) is 11.1. The van der Waals surface area contributed by atoms with Crippen LogP contribution in [0.2, 0.25) is 0 Å². The largest absolute Gasteiger partial charge is 0.465 e. The van der Waals surface area contributed by atoms with E-state index in [9.17, 15) is 0 Å². The minimum atomic E-state index is 0.168. The van der Waals surface area contributed by atoms with Crippen molar-refractivity contribution in [2.75, 3.05) is 0 Å². The molecule has 0 spiro atoms. The molecule has 1 atom stereocenters. The van der Waals surface area contributed by atoms with Crippen LogP contribution < -0.4 is 5.32 Å². The number of hydrogen-bond acceptors (Lipinski definition) is 3. The summed E-state index contributed by atoms with van der Waals surface area (Å²) in [6.45, 7) is 4.73. The fourth-order valence-electron chi connectivity index (χ4n) is 2.16. The molecule has 1 N–H and O–H groups in total. The molecule has 0 aliphatic rings. The quantitative estimate of drug-likeness (QED) is 0.759. The summed E-state index contributed by atoms with van der Waals surface area (Å²) in [5, 5.41) is 4.54. The van der Waals surface area contributed by atoms with Gasteiger partial charge in [0, 0.05) is 5.39 Å². The molecule has 1 unspecified atom stereocenters. The van der Waals surface area contributed by atoms with Gasteiger partial charge in [-0.2, -0.15) is 0 Å². The minimum absolute atomic E-state index is 0.168. The highest BCUT2D eigenvalue weighted by Gasteiger charge is 2.10. The Morgan fingerprint density at radius 3 is 2.68 bits per heavy atom. The molecule has 0 fully saturated rings. The number of nitrogens with one attached hydrogen (secondary N) is 1. The van der Waals surface area contributed by atoms with Crippen LogP contribution in [0, 0.1) is 6.92 Å². The van der Waals surface area contributed by atoms with Crippen LogP contribution in [0.4, 0.5) is 0 Å².